The summed E-state index contributed by atoms with van der Waals surface area (Å²) in [5, 5.41) is 3.35. The van der Waals surface area contributed by atoms with Crippen molar-refractivity contribution in [3.63, 3.8) is 0 Å². The molecule has 2 rings (SSSR count). The fourth-order valence-electron chi connectivity index (χ4n) is 2.90. The van der Waals surface area contributed by atoms with Gasteiger partial charge >= 0.3 is 0 Å². The van der Waals surface area contributed by atoms with E-state index < -0.39 is 0 Å². The van der Waals surface area contributed by atoms with Crippen molar-refractivity contribution in [3.8, 4) is 0 Å². The first kappa shape index (κ1) is 13.4. The second-order valence-corrected chi connectivity index (χ2v) is 5.17. The third kappa shape index (κ3) is 3.25. The van der Waals surface area contributed by atoms with Gasteiger partial charge in [-0.25, -0.2) is 4.98 Å². The van der Waals surface area contributed by atoms with Crippen LogP contribution in [0.15, 0.2) is 12.4 Å². The molecular formula is C14H25N3O. The molecule has 1 N–H and O–H groups in total. The maximum absolute atomic E-state index is 5.06. The molecule has 1 fully saturated rings. The number of hydrogen-bond acceptors (Lipinski definition) is 3. The SMILES string of the molecule is CCC1CCCC(n2ccnc2NCCOC)C1. The summed E-state index contributed by atoms with van der Waals surface area (Å²) in [6.45, 7) is 3.84. The molecule has 2 atom stereocenters. The van der Waals surface area contributed by atoms with Gasteiger partial charge in [0.15, 0.2) is 0 Å². The van der Waals surface area contributed by atoms with E-state index in [0.29, 0.717) is 6.04 Å². The minimum atomic E-state index is 0.622. The Labute approximate surface area is 110 Å². The van der Waals surface area contributed by atoms with Crippen molar-refractivity contribution in [2.45, 2.75) is 45.1 Å². The summed E-state index contributed by atoms with van der Waals surface area (Å²) in [5.41, 5.74) is 0. The normalized spacial score (nSPS) is 24.1. The molecule has 0 amide bonds. The molecule has 2 unspecified atom stereocenters. The maximum atomic E-state index is 5.06. The Morgan fingerprint density at radius 2 is 2.39 bits per heavy atom. The van der Waals surface area contributed by atoms with Gasteiger partial charge < -0.3 is 14.6 Å². The van der Waals surface area contributed by atoms with Crippen LogP contribution in [-0.4, -0.2) is 29.8 Å². The fraction of sp³-hybridized carbons (Fsp3) is 0.786. The molecule has 1 aromatic heterocycles. The van der Waals surface area contributed by atoms with E-state index in [-0.39, 0.29) is 0 Å². The second kappa shape index (κ2) is 6.78. The highest BCUT2D eigenvalue weighted by Gasteiger charge is 2.23. The van der Waals surface area contributed by atoms with Gasteiger partial charge in [0.2, 0.25) is 5.95 Å². The number of nitrogens with zero attached hydrogens (tertiary/aromatic N) is 2. The zero-order chi connectivity index (χ0) is 12.8. The first-order valence-corrected chi connectivity index (χ1v) is 7.10. The summed E-state index contributed by atoms with van der Waals surface area (Å²) in [6, 6.07) is 0.622. The number of nitrogens with one attached hydrogen (secondary N) is 1. The molecule has 1 aromatic rings. The standard InChI is InChI=1S/C14H25N3O/c1-3-12-5-4-6-13(11-12)17-9-7-15-14(17)16-8-10-18-2/h7,9,12-13H,3-6,8,10-11H2,1-2H3,(H,15,16). The molecule has 4 heteroatoms. The Kier molecular flexibility index (Phi) is 5.05. The Bertz CT molecular complexity index is 351. The molecule has 1 aliphatic rings. The summed E-state index contributed by atoms with van der Waals surface area (Å²) in [7, 11) is 1.72. The van der Waals surface area contributed by atoms with E-state index in [0.717, 1.165) is 25.0 Å². The van der Waals surface area contributed by atoms with Crippen LogP contribution in [0, 0.1) is 5.92 Å². The van der Waals surface area contributed by atoms with Gasteiger partial charge in [-0.05, 0) is 18.8 Å². The number of aromatic nitrogens is 2. The largest absolute Gasteiger partial charge is 0.383 e. The average molecular weight is 251 g/mol. The van der Waals surface area contributed by atoms with E-state index >= 15 is 0 Å². The van der Waals surface area contributed by atoms with Crippen LogP contribution in [0.2, 0.25) is 0 Å². The highest BCUT2D eigenvalue weighted by molar-refractivity contribution is 5.26. The molecule has 0 spiro atoms. The summed E-state index contributed by atoms with van der Waals surface area (Å²) >= 11 is 0. The average Bonchev–Trinajstić information content (AvgIpc) is 2.87. The van der Waals surface area contributed by atoms with Gasteiger partial charge in [-0.3, -0.25) is 0 Å². The highest BCUT2D eigenvalue weighted by atomic mass is 16.5. The first-order chi connectivity index (χ1) is 8.85. The lowest BCUT2D eigenvalue weighted by atomic mass is 9.84. The number of ether oxygens (including phenoxy) is 1. The van der Waals surface area contributed by atoms with Gasteiger partial charge in [0.1, 0.15) is 0 Å². The van der Waals surface area contributed by atoms with E-state index in [4.69, 9.17) is 4.74 Å². The van der Waals surface area contributed by atoms with Crippen LogP contribution >= 0.6 is 0 Å². The Balaban J connectivity index is 1.97. The van der Waals surface area contributed by atoms with Crippen LogP contribution in [0.3, 0.4) is 0 Å². The van der Waals surface area contributed by atoms with E-state index in [1.807, 2.05) is 6.20 Å². The molecule has 1 saturated carbocycles. The fourth-order valence-corrected chi connectivity index (χ4v) is 2.90. The van der Waals surface area contributed by atoms with Gasteiger partial charge in [-0.1, -0.05) is 26.2 Å². The van der Waals surface area contributed by atoms with Crippen molar-refractivity contribution < 1.29 is 4.74 Å². The van der Waals surface area contributed by atoms with Crippen LogP contribution in [-0.2, 0) is 4.74 Å². The Morgan fingerprint density at radius 3 is 3.17 bits per heavy atom. The molecular weight excluding hydrogens is 226 g/mol. The van der Waals surface area contributed by atoms with Gasteiger partial charge in [-0.15, -0.1) is 0 Å². The predicted octanol–water partition coefficient (Wildman–Crippen LogP) is 3.08. The maximum Gasteiger partial charge on any atom is 0.203 e. The van der Waals surface area contributed by atoms with E-state index in [1.165, 1.54) is 32.1 Å². The van der Waals surface area contributed by atoms with Crippen LogP contribution in [0.5, 0.6) is 0 Å². The smallest absolute Gasteiger partial charge is 0.203 e. The minimum Gasteiger partial charge on any atom is -0.383 e. The summed E-state index contributed by atoms with van der Waals surface area (Å²) in [5.74, 6) is 1.88. The molecule has 0 saturated heterocycles. The molecule has 0 aliphatic heterocycles. The third-order valence-corrected chi connectivity index (χ3v) is 3.98. The lowest BCUT2D eigenvalue weighted by Crippen LogP contribution is -2.21. The molecule has 1 heterocycles. The van der Waals surface area contributed by atoms with Crippen molar-refractivity contribution in [1.82, 2.24) is 9.55 Å². The van der Waals surface area contributed by atoms with Crippen LogP contribution in [0.1, 0.15) is 45.1 Å². The number of rotatable bonds is 6. The third-order valence-electron chi connectivity index (χ3n) is 3.98. The molecule has 1 aliphatic carbocycles. The summed E-state index contributed by atoms with van der Waals surface area (Å²) in [4.78, 5) is 4.41. The van der Waals surface area contributed by atoms with Gasteiger partial charge in [0.25, 0.3) is 0 Å². The lowest BCUT2D eigenvalue weighted by molar-refractivity contribution is 0.210. The first-order valence-electron chi connectivity index (χ1n) is 7.10. The number of anilines is 1. The molecule has 18 heavy (non-hydrogen) atoms. The van der Waals surface area contributed by atoms with Crippen LogP contribution in [0.25, 0.3) is 0 Å². The molecule has 0 aromatic carbocycles. The summed E-state index contributed by atoms with van der Waals surface area (Å²) < 4.78 is 7.38. The van der Waals surface area contributed by atoms with Gasteiger partial charge in [0, 0.05) is 32.1 Å². The van der Waals surface area contributed by atoms with Crippen LogP contribution < -0.4 is 5.32 Å². The lowest BCUT2D eigenvalue weighted by Gasteiger charge is -2.30. The second-order valence-electron chi connectivity index (χ2n) is 5.17. The quantitative estimate of drug-likeness (QED) is 0.790. The minimum absolute atomic E-state index is 0.622. The van der Waals surface area contributed by atoms with Crippen molar-refractivity contribution in [1.29, 1.82) is 0 Å². The number of imidazole rings is 1. The number of methoxy groups -OCH3 is 1. The van der Waals surface area contributed by atoms with Crippen LogP contribution in [0.4, 0.5) is 5.95 Å². The van der Waals surface area contributed by atoms with Gasteiger partial charge in [-0.2, -0.15) is 0 Å². The zero-order valence-corrected chi connectivity index (χ0v) is 11.6. The van der Waals surface area contributed by atoms with E-state index in [1.54, 1.807) is 7.11 Å². The Hall–Kier alpha value is -1.03. The summed E-state index contributed by atoms with van der Waals surface area (Å²) in [6.07, 6.45) is 10.6. The number of hydrogen-bond donors (Lipinski definition) is 1. The van der Waals surface area contributed by atoms with Crippen molar-refractivity contribution in [2.24, 2.45) is 5.92 Å². The Morgan fingerprint density at radius 1 is 1.50 bits per heavy atom. The van der Waals surface area contributed by atoms with Crippen molar-refractivity contribution >= 4 is 5.95 Å². The molecule has 0 bridgehead atoms. The zero-order valence-electron chi connectivity index (χ0n) is 11.6. The predicted molar refractivity (Wildman–Crippen MR) is 73.9 cm³/mol. The molecule has 102 valence electrons. The monoisotopic (exact) mass is 251 g/mol. The molecule has 4 nitrogen and oxygen atoms in total. The molecule has 0 radical (unpaired) electrons. The topological polar surface area (TPSA) is 39.1 Å². The van der Waals surface area contributed by atoms with Crippen molar-refractivity contribution in [2.75, 3.05) is 25.6 Å². The highest BCUT2D eigenvalue weighted by Crippen LogP contribution is 2.35. The van der Waals surface area contributed by atoms with E-state index in [9.17, 15) is 0 Å². The van der Waals surface area contributed by atoms with Gasteiger partial charge in [0.05, 0.1) is 6.61 Å². The van der Waals surface area contributed by atoms with E-state index in [2.05, 4.69) is 28.0 Å². The van der Waals surface area contributed by atoms with Crippen molar-refractivity contribution in [3.05, 3.63) is 12.4 Å².